The highest BCUT2D eigenvalue weighted by Gasteiger charge is 2.16. The molecule has 0 amide bonds. The average Bonchev–Trinajstić information content (AvgIpc) is 3.14. The van der Waals surface area contributed by atoms with E-state index in [1.54, 1.807) is 23.5 Å². The summed E-state index contributed by atoms with van der Waals surface area (Å²) < 4.78 is 15.1. The summed E-state index contributed by atoms with van der Waals surface area (Å²) in [5.41, 5.74) is 3.23. The molecule has 1 aliphatic heterocycles. The Balaban J connectivity index is 1.57. The highest BCUT2D eigenvalue weighted by Crippen LogP contribution is 2.34. The number of thiazole rings is 1. The predicted molar refractivity (Wildman–Crippen MR) is 117 cm³/mol. The Morgan fingerprint density at radius 2 is 1.96 bits per heavy atom. The van der Waals surface area contributed by atoms with E-state index in [0.29, 0.717) is 0 Å². The number of aromatic nitrogens is 1. The molecule has 0 radical (unpaired) electrons. The van der Waals surface area contributed by atoms with E-state index in [9.17, 15) is 4.39 Å². The van der Waals surface area contributed by atoms with Crippen LogP contribution in [0.4, 0.5) is 15.2 Å². The maximum absolute atomic E-state index is 13.9. The standard InChI is InChI=1S/C23H28FN3S/c1-2-18-10-11-21-22(16-18)28-23(25-21)27(20-9-6-8-19(24)17-20)15-7-14-26-12-4-3-5-13-26/h6,8-11,16-17H,2-5,7,12-15H2,1H3. The molecule has 148 valence electrons. The third kappa shape index (κ3) is 4.53. The highest BCUT2D eigenvalue weighted by atomic mass is 32.1. The normalized spacial score (nSPS) is 15.2. The zero-order valence-corrected chi connectivity index (χ0v) is 17.3. The van der Waals surface area contributed by atoms with Crippen LogP contribution in [0.25, 0.3) is 10.2 Å². The van der Waals surface area contributed by atoms with Gasteiger partial charge in [-0.1, -0.05) is 36.8 Å². The summed E-state index contributed by atoms with van der Waals surface area (Å²) in [5, 5.41) is 0.951. The highest BCUT2D eigenvalue weighted by molar-refractivity contribution is 7.22. The molecule has 1 aromatic heterocycles. The molecule has 0 bridgehead atoms. The summed E-state index contributed by atoms with van der Waals surface area (Å²) in [6.45, 7) is 6.53. The number of hydrogen-bond acceptors (Lipinski definition) is 4. The molecular weight excluding hydrogens is 369 g/mol. The molecule has 3 aromatic rings. The number of nitrogens with zero attached hydrogens (tertiary/aromatic N) is 3. The molecule has 2 aromatic carbocycles. The fourth-order valence-corrected chi connectivity index (χ4v) is 4.98. The molecule has 0 saturated carbocycles. The van der Waals surface area contributed by atoms with Crippen molar-refractivity contribution in [1.82, 2.24) is 9.88 Å². The molecule has 0 unspecified atom stereocenters. The number of benzene rings is 2. The van der Waals surface area contributed by atoms with Crippen LogP contribution in [0, 0.1) is 5.82 Å². The van der Waals surface area contributed by atoms with Gasteiger partial charge in [-0.05, 0) is 81.2 Å². The van der Waals surface area contributed by atoms with Crippen molar-refractivity contribution in [2.24, 2.45) is 0 Å². The van der Waals surface area contributed by atoms with Gasteiger partial charge in [0.05, 0.1) is 10.2 Å². The Morgan fingerprint density at radius 3 is 2.75 bits per heavy atom. The third-order valence-corrected chi connectivity index (χ3v) is 6.55. The van der Waals surface area contributed by atoms with E-state index in [1.807, 2.05) is 6.07 Å². The molecular formula is C23H28FN3S. The first-order chi connectivity index (χ1) is 13.7. The van der Waals surface area contributed by atoms with Crippen molar-refractivity contribution < 1.29 is 4.39 Å². The summed E-state index contributed by atoms with van der Waals surface area (Å²) in [6.07, 6.45) is 6.05. The van der Waals surface area contributed by atoms with Crippen LogP contribution in [0.2, 0.25) is 0 Å². The minimum absolute atomic E-state index is 0.201. The zero-order chi connectivity index (χ0) is 19.3. The molecule has 0 spiro atoms. The van der Waals surface area contributed by atoms with Crippen LogP contribution >= 0.6 is 11.3 Å². The van der Waals surface area contributed by atoms with Gasteiger partial charge in [0.1, 0.15) is 5.82 Å². The van der Waals surface area contributed by atoms with Gasteiger partial charge in [-0.15, -0.1) is 0 Å². The summed E-state index contributed by atoms with van der Waals surface area (Å²) >= 11 is 1.70. The van der Waals surface area contributed by atoms with E-state index in [2.05, 4.69) is 34.9 Å². The second-order valence-electron chi connectivity index (χ2n) is 7.54. The molecule has 1 fully saturated rings. The van der Waals surface area contributed by atoms with Gasteiger partial charge < -0.3 is 9.80 Å². The number of piperidine rings is 1. The van der Waals surface area contributed by atoms with Crippen molar-refractivity contribution in [1.29, 1.82) is 0 Å². The number of rotatable bonds is 7. The summed E-state index contributed by atoms with van der Waals surface area (Å²) in [7, 11) is 0. The Hall–Kier alpha value is -1.98. The number of hydrogen-bond donors (Lipinski definition) is 0. The molecule has 0 N–H and O–H groups in total. The quantitative estimate of drug-likeness (QED) is 0.486. The number of anilines is 2. The van der Waals surface area contributed by atoms with Gasteiger partial charge in [0.15, 0.2) is 5.13 Å². The summed E-state index contributed by atoms with van der Waals surface area (Å²) in [5.74, 6) is -0.201. The second kappa shape index (κ2) is 9.01. The summed E-state index contributed by atoms with van der Waals surface area (Å²) in [4.78, 5) is 9.61. The van der Waals surface area contributed by atoms with Crippen LogP contribution in [0.15, 0.2) is 42.5 Å². The van der Waals surface area contributed by atoms with E-state index < -0.39 is 0 Å². The van der Waals surface area contributed by atoms with Crippen LogP contribution in [0.3, 0.4) is 0 Å². The topological polar surface area (TPSA) is 19.4 Å². The van der Waals surface area contributed by atoms with E-state index in [4.69, 9.17) is 4.98 Å². The van der Waals surface area contributed by atoms with Gasteiger partial charge in [0.2, 0.25) is 0 Å². The first-order valence-electron chi connectivity index (χ1n) is 10.4. The molecule has 0 atom stereocenters. The average molecular weight is 398 g/mol. The van der Waals surface area contributed by atoms with Crippen molar-refractivity contribution in [3.8, 4) is 0 Å². The van der Waals surface area contributed by atoms with Gasteiger partial charge in [0, 0.05) is 12.2 Å². The minimum Gasteiger partial charge on any atom is -0.318 e. The van der Waals surface area contributed by atoms with Crippen LogP contribution < -0.4 is 4.90 Å². The molecule has 1 saturated heterocycles. The number of fused-ring (bicyclic) bond motifs is 1. The van der Waals surface area contributed by atoms with Crippen molar-refractivity contribution in [3.05, 3.63) is 53.8 Å². The van der Waals surface area contributed by atoms with Crippen LogP contribution in [-0.2, 0) is 6.42 Å². The molecule has 5 heteroatoms. The Morgan fingerprint density at radius 1 is 1.11 bits per heavy atom. The van der Waals surface area contributed by atoms with Gasteiger partial charge in [-0.2, -0.15) is 0 Å². The second-order valence-corrected chi connectivity index (χ2v) is 8.55. The monoisotopic (exact) mass is 397 g/mol. The lowest BCUT2D eigenvalue weighted by Crippen LogP contribution is -2.32. The van der Waals surface area contributed by atoms with E-state index in [1.165, 1.54) is 48.7 Å². The smallest absolute Gasteiger partial charge is 0.190 e. The van der Waals surface area contributed by atoms with E-state index in [0.717, 1.165) is 42.3 Å². The number of aryl methyl sites for hydroxylation is 1. The Bertz CT molecular complexity index is 917. The lowest BCUT2D eigenvalue weighted by molar-refractivity contribution is 0.227. The van der Waals surface area contributed by atoms with Crippen LogP contribution in [0.1, 0.15) is 38.2 Å². The minimum atomic E-state index is -0.201. The molecule has 4 rings (SSSR count). The molecule has 28 heavy (non-hydrogen) atoms. The van der Waals surface area contributed by atoms with E-state index >= 15 is 0 Å². The van der Waals surface area contributed by atoms with Gasteiger partial charge >= 0.3 is 0 Å². The fraction of sp³-hybridized carbons (Fsp3) is 0.435. The third-order valence-electron chi connectivity index (χ3n) is 5.51. The summed E-state index contributed by atoms with van der Waals surface area (Å²) in [6, 6.07) is 13.4. The van der Waals surface area contributed by atoms with Crippen molar-refractivity contribution in [3.63, 3.8) is 0 Å². The van der Waals surface area contributed by atoms with Crippen LogP contribution in [0.5, 0.6) is 0 Å². The molecule has 2 heterocycles. The van der Waals surface area contributed by atoms with Gasteiger partial charge in [-0.3, -0.25) is 0 Å². The van der Waals surface area contributed by atoms with E-state index in [-0.39, 0.29) is 5.82 Å². The number of halogens is 1. The first kappa shape index (κ1) is 19.3. The lowest BCUT2D eigenvalue weighted by atomic mass is 10.1. The zero-order valence-electron chi connectivity index (χ0n) is 16.5. The fourth-order valence-electron chi connectivity index (χ4n) is 3.91. The number of likely N-dealkylation sites (tertiary alicyclic amines) is 1. The van der Waals surface area contributed by atoms with Crippen LogP contribution in [-0.4, -0.2) is 36.1 Å². The predicted octanol–water partition coefficient (Wildman–Crippen LogP) is 6.01. The Labute approximate surface area is 170 Å². The molecule has 0 aliphatic carbocycles. The van der Waals surface area contributed by atoms with Gasteiger partial charge in [-0.25, -0.2) is 9.37 Å². The SMILES string of the molecule is CCc1ccc2nc(N(CCCN3CCCCC3)c3cccc(F)c3)sc2c1. The van der Waals surface area contributed by atoms with Crippen molar-refractivity contribution >= 4 is 32.4 Å². The lowest BCUT2D eigenvalue weighted by Gasteiger charge is -2.28. The maximum atomic E-state index is 13.9. The van der Waals surface area contributed by atoms with Crippen molar-refractivity contribution in [2.45, 2.75) is 39.0 Å². The first-order valence-corrected chi connectivity index (χ1v) is 11.2. The maximum Gasteiger partial charge on any atom is 0.190 e. The molecule has 1 aliphatic rings. The largest absolute Gasteiger partial charge is 0.318 e. The van der Waals surface area contributed by atoms with Gasteiger partial charge in [0.25, 0.3) is 0 Å². The molecule has 3 nitrogen and oxygen atoms in total. The Kier molecular flexibility index (Phi) is 6.23. The van der Waals surface area contributed by atoms with Crippen molar-refractivity contribution in [2.75, 3.05) is 31.1 Å².